The van der Waals surface area contributed by atoms with Crippen LogP contribution < -0.4 is 5.46 Å². The van der Waals surface area contributed by atoms with Crippen LogP contribution in [0, 0.1) is 11.3 Å². The second-order valence-corrected chi connectivity index (χ2v) is 10.6. The van der Waals surface area contributed by atoms with Gasteiger partial charge in [-0.3, -0.25) is 0 Å². The molecule has 0 atom stereocenters. The third kappa shape index (κ3) is 9.74. The molecule has 2 amide bonds. The molecule has 0 N–H and O–H groups in total. The van der Waals surface area contributed by atoms with Gasteiger partial charge in [0.25, 0.3) is 0 Å². The van der Waals surface area contributed by atoms with E-state index >= 15 is 0 Å². The van der Waals surface area contributed by atoms with Gasteiger partial charge in [0.15, 0.2) is 0 Å². The molecule has 0 heterocycles. The Morgan fingerprint density at radius 2 is 1.50 bits per heavy atom. The first-order valence-corrected chi connectivity index (χ1v) is 11.6. The van der Waals surface area contributed by atoms with Crippen LogP contribution >= 0.6 is 0 Å². The van der Waals surface area contributed by atoms with E-state index in [2.05, 4.69) is 6.07 Å². The lowest BCUT2D eigenvalue weighted by Gasteiger charge is -2.29. The first-order chi connectivity index (χ1) is 15.5. The fourth-order valence-electron chi connectivity index (χ4n) is 2.71. The fourth-order valence-corrected chi connectivity index (χ4v) is 2.71. The molecule has 0 unspecified atom stereocenters. The van der Waals surface area contributed by atoms with Crippen LogP contribution in [0.5, 0.6) is 0 Å². The lowest BCUT2D eigenvalue weighted by Crippen LogP contribution is -2.44. The molecule has 1 rings (SSSR count). The standard InChI is InChI=1S/C25H39BN2O6/c1-11-25(9,10)34-26(31-12-2)20-14-13-18(19(15-20)16-27)17-28(21(29)32-23(3,4)5)22(30)33-24(6,7)8/h13-15H,11-12,17H2,1-10H3. The summed E-state index contributed by atoms with van der Waals surface area (Å²) in [5.74, 6) is 0. The number of ether oxygens (including phenoxy) is 2. The zero-order valence-corrected chi connectivity index (χ0v) is 22.3. The van der Waals surface area contributed by atoms with Gasteiger partial charge in [-0.05, 0) is 85.8 Å². The Hall–Kier alpha value is -2.57. The van der Waals surface area contributed by atoms with E-state index in [0.29, 0.717) is 17.6 Å². The van der Waals surface area contributed by atoms with Crippen molar-refractivity contribution in [2.75, 3.05) is 6.61 Å². The fraction of sp³-hybridized carbons (Fsp3) is 0.640. The second-order valence-electron chi connectivity index (χ2n) is 10.6. The highest BCUT2D eigenvalue weighted by atomic mass is 16.6. The first-order valence-electron chi connectivity index (χ1n) is 11.6. The van der Waals surface area contributed by atoms with Crippen molar-refractivity contribution >= 4 is 24.8 Å². The van der Waals surface area contributed by atoms with Crippen LogP contribution in [-0.4, -0.2) is 47.6 Å². The van der Waals surface area contributed by atoms with E-state index in [0.717, 1.165) is 11.3 Å². The molecule has 0 saturated carbocycles. The minimum Gasteiger partial charge on any atom is -0.443 e. The summed E-state index contributed by atoms with van der Waals surface area (Å²) >= 11 is 0. The Kier molecular flexibility index (Phi) is 10.2. The SMILES string of the molecule is CCOB(OC(C)(C)CC)c1ccc(CN(C(=O)OC(C)(C)C)C(=O)OC(C)(C)C)c(C#N)c1. The number of hydrogen-bond donors (Lipinski definition) is 0. The number of benzene rings is 1. The van der Waals surface area contributed by atoms with E-state index in [9.17, 15) is 14.9 Å². The van der Waals surface area contributed by atoms with E-state index in [4.69, 9.17) is 18.8 Å². The molecular weight excluding hydrogens is 435 g/mol. The first kappa shape index (κ1) is 29.5. The number of imide groups is 1. The molecule has 8 nitrogen and oxygen atoms in total. The molecule has 0 aliphatic carbocycles. The minimum atomic E-state index is -0.852. The number of hydrogen-bond acceptors (Lipinski definition) is 7. The molecule has 0 spiro atoms. The van der Waals surface area contributed by atoms with Gasteiger partial charge in [0, 0.05) is 12.2 Å². The molecule has 0 saturated heterocycles. The summed E-state index contributed by atoms with van der Waals surface area (Å²) in [6, 6.07) is 7.26. The Labute approximate surface area is 204 Å². The van der Waals surface area contributed by atoms with Crippen molar-refractivity contribution < 1.29 is 28.4 Å². The Bertz CT molecular complexity index is 868. The van der Waals surface area contributed by atoms with E-state index in [1.807, 2.05) is 27.7 Å². The van der Waals surface area contributed by atoms with E-state index in [1.165, 1.54) is 0 Å². The predicted octanol–water partition coefficient (Wildman–Crippen LogP) is 5.17. The smallest absolute Gasteiger partial charge is 0.443 e. The summed E-state index contributed by atoms with van der Waals surface area (Å²) in [5, 5.41) is 9.81. The molecule has 0 fully saturated rings. The van der Waals surface area contributed by atoms with Crippen molar-refractivity contribution in [3.8, 4) is 6.07 Å². The van der Waals surface area contributed by atoms with Gasteiger partial charge in [0.2, 0.25) is 0 Å². The monoisotopic (exact) mass is 474 g/mol. The number of rotatable bonds is 8. The molecule has 9 heteroatoms. The summed E-state index contributed by atoms with van der Waals surface area (Å²) in [6.07, 6.45) is -0.926. The van der Waals surface area contributed by atoms with Crippen molar-refractivity contribution in [1.82, 2.24) is 4.90 Å². The van der Waals surface area contributed by atoms with Gasteiger partial charge in [-0.15, -0.1) is 0 Å². The van der Waals surface area contributed by atoms with Crippen molar-refractivity contribution in [2.45, 2.75) is 99.0 Å². The van der Waals surface area contributed by atoms with Crippen LogP contribution in [0.15, 0.2) is 18.2 Å². The number of carbonyl (C=O) groups excluding carboxylic acids is 2. The van der Waals surface area contributed by atoms with Gasteiger partial charge in [-0.25, -0.2) is 14.5 Å². The predicted molar refractivity (Wildman–Crippen MR) is 132 cm³/mol. The van der Waals surface area contributed by atoms with Crippen LogP contribution in [0.4, 0.5) is 9.59 Å². The summed E-state index contributed by atoms with van der Waals surface area (Å²) in [6.45, 7) is 18.3. The maximum atomic E-state index is 12.8. The number of carbonyl (C=O) groups is 2. The molecule has 34 heavy (non-hydrogen) atoms. The lowest BCUT2D eigenvalue weighted by molar-refractivity contribution is -0.000282. The van der Waals surface area contributed by atoms with Gasteiger partial charge in [0.05, 0.1) is 18.2 Å². The molecule has 0 aliphatic rings. The van der Waals surface area contributed by atoms with Crippen LogP contribution in [0.25, 0.3) is 0 Å². The lowest BCUT2D eigenvalue weighted by atomic mass is 9.76. The zero-order valence-electron chi connectivity index (χ0n) is 22.3. The van der Waals surface area contributed by atoms with Crippen LogP contribution in [0.1, 0.15) is 86.8 Å². The molecule has 0 aromatic heterocycles. The number of amides is 2. The number of nitriles is 1. The zero-order chi connectivity index (χ0) is 26.3. The molecule has 1 aromatic carbocycles. The van der Waals surface area contributed by atoms with Gasteiger partial charge in [-0.1, -0.05) is 19.1 Å². The van der Waals surface area contributed by atoms with Crippen molar-refractivity contribution in [1.29, 1.82) is 5.26 Å². The van der Waals surface area contributed by atoms with Gasteiger partial charge in [-0.2, -0.15) is 5.26 Å². The Balaban J connectivity index is 3.33. The van der Waals surface area contributed by atoms with E-state index in [1.54, 1.807) is 59.7 Å². The van der Waals surface area contributed by atoms with E-state index < -0.39 is 36.1 Å². The normalized spacial score (nSPS) is 12.0. The summed E-state index contributed by atoms with van der Waals surface area (Å²) in [4.78, 5) is 26.5. The average Bonchev–Trinajstić information content (AvgIpc) is 2.68. The quantitative estimate of drug-likeness (QED) is 0.480. The topological polar surface area (TPSA) is 98.1 Å². The molecule has 1 aromatic rings. The van der Waals surface area contributed by atoms with Crippen LogP contribution in [0.2, 0.25) is 0 Å². The molecule has 0 bridgehead atoms. The van der Waals surface area contributed by atoms with Gasteiger partial charge >= 0.3 is 19.3 Å². The third-order valence-electron chi connectivity index (χ3n) is 4.68. The van der Waals surface area contributed by atoms with Crippen molar-refractivity contribution in [3.63, 3.8) is 0 Å². The van der Waals surface area contributed by atoms with Crippen LogP contribution in [0.3, 0.4) is 0 Å². The maximum absolute atomic E-state index is 12.8. The molecule has 188 valence electrons. The number of nitrogens with zero attached hydrogens (tertiary/aromatic N) is 2. The van der Waals surface area contributed by atoms with Gasteiger partial charge < -0.3 is 18.8 Å². The molecular formula is C25H39BN2O6. The Morgan fingerprint density at radius 3 is 1.91 bits per heavy atom. The summed E-state index contributed by atoms with van der Waals surface area (Å²) in [5.41, 5.74) is -0.619. The Morgan fingerprint density at radius 1 is 0.971 bits per heavy atom. The summed E-state index contributed by atoms with van der Waals surface area (Å²) in [7, 11) is -0.658. The highest BCUT2D eigenvalue weighted by Crippen LogP contribution is 2.20. The maximum Gasteiger partial charge on any atom is 0.494 e. The average molecular weight is 474 g/mol. The summed E-state index contributed by atoms with van der Waals surface area (Å²) < 4.78 is 22.7. The van der Waals surface area contributed by atoms with Crippen LogP contribution in [-0.2, 0) is 25.3 Å². The van der Waals surface area contributed by atoms with Gasteiger partial charge in [0.1, 0.15) is 11.2 Å². The van der Waals surface area contributed by atoms with Crippen molar-refractivity contribution in [3.05, 3.63) is 29.3 Å². The largest absolute Gasteiger partial charge is 0.494 e. The highest BCUT2D eigenvalue weighted by Gasteiger charge is 2.33. The van der Waals surface area contributed by atoms with E-state index in [-0.39, 0.29) is 12.1 Å². The minimum absolute atomic E-state index is 0.187. The second kappa shape index (κ2) is 11.7. The molecule has 0 aliphatic heterocycles. The van der Waals surface area contributed by atoms with Crippen molar-refractivity contribution in [2.24, 2.45) is 0 Å². The third-order valence-corrected chi connectivity index (χ3v) is 4.68. The highest BCUT2D eigenvalue weighted by molar-refractivity contribution is 6.61. The molecule has 0 radical (unpaired) electrons.